The molecule has 3 aromatic carbocycles. The Hall–Kier alpha value is -4.31. The minimum Gasteiger partial charge on any atom is -0.465 e. The minimum atomic E-state index is -0.339. The van der Waals surface area contributed by atoms with Crippen LogP contribution in [0.3, 0.4) is 0 Å². The van der Waals surface area contributed by atoms with Gasteiger partial charge in [0.15, 0.2) is 0 Å². The van der Waals surface area contributed by atoms with Gasteiger partial charge in [-0.15, -0.1) is 11.3 Å². The van der Waals surface area contributed by atoms with Gasteiger partial charge in [-0.1, -0.05) is 50.2 Å². The minimum absolute atomic E-state index is 0.190. The number of thiophene rings is 1. The number of amides is 2. The third-order valence-electron chi connectivity index (χ3n) is 10.6. The molecule has 1 fully saturated rings. The Balaban J connectivity index is 1.12. The standard InChI is InChI=1S/C43H52N4O4S/c1-4-36(5-2)47(28-35-12-9-25-44-35)27-31-10-8-11-33(26-31)40(48)46-42-39(37-13-6-7-14-38(37)52-42)41(49)45-34-23-19-30(20-24-34)16-15-29-17-21-32(22-18-29)43(50)51-3/h8,10-11,17-24,26,35-36,44H,4-7,9,12-16,25,27-28H2,1-3H3,(H,45,49)(H,46,48)/t35-/m0/s1. The third kappa shape index (κ3) is 9.37. The van der Waals surface area contributed by atoms with Crippen LogP contribution in [0.2, 0.25) is 0 Å². The number of hydrogen-bond donors (Lipinski definition) is 3. The molecule has 2 aliphatic rings. The lowest BCUT2D eigenvalue weighted by atomic mass is 9.95. The molecule has 1 atom stereocenters. The van der Waals surface area contributed by atoms with E-state index in [1.165, 1.54) is 24.8 Å². The second-order valence-corrected chi connectivity index (χ2v) is 15.2. The first-order valence-corrected chi connectivity index (χ1v) is 19.8. The number of esters is 1. The molecule has 0 radical (unpaired) electrons. The van der Waals surface area contributed by atoms with Gasteiger partial charge in [0, 0.05) is 41.3 Å². The highest BCUT2D eigenvalue weighted by atomic mass is 32.1. The lowest BCUT2D eigenvalue weighted by Gasteiger charge is -2.33. The molecule has 3 N–H and O–H groups in total. The Morgan fingerprint density at radius 3 is 2.23 bits per heavy atom. The molecule has 0 unspecified atom stereocenters. The van der Waals surface area contributed by atoms with Gasteiger partial charge >= 0.3 is 5.97 Å². The van der Waals surface area contributed by atoms with Crippen molar-refractivity contribution >= 4 is 39.8 Å². The zero-order valence-electron chi connectivity index (χ0n) is 30.8. The lowest BCUT2D eigenvalue weighted by molar-refractivity contribution is 0.0600. The molecule has 4 aromatic rings. The fraction of sp³-hybridized carbons (Fsp3) is 0.419. The summed E-state index contributed by atoms with van der Waals surface area (Å²) in [6.45, 7) is 7.42. The quantitative estimate of drug-likeness (QED) is 0.107. The van der Waals surface area contributed by atoms with E-state index in [2.05, 4.69) is 40.8 Å². The predicted molar refractivity (Wildman–Crippen MR) is 211 cm³/mol. The molecule has 274 valence electrons. The van der Waals surface area contributed by atoms with E-state index in [4.69, 9.17) is 4.74 Å². The second kappa shape index (κ2) is 17.9. The number of nitrogens with one attached hydrogen (secondary N) is 3. The largest absolute Gasteiger partial charge is 0.465 e. The average Bonchev–Trinajstić information content (AvgIpc) is 3.82. The van der Waals surface area contributed by atoms with E-state index >= 15 is 0 Å². The van der Waals surface area contributed by atoms with Crippen molar-refractivity contribution in [2.45, 2.75) is 96.7 Å². The fourth-order valence-corrected chi connectivity index (χ4v) is 8.90. The molecule has 9 heteroatoms. The maximum atomic E-state index is 13.9. The van der Waals surface area contributed by atoms with Crippen LogP contribution in [0.4, 0.5) is 10.7 Å². The van der Waals surface area contributed by atoms with Crippen molar-refractivity contribution in [3.05, 3.63) is 117 Å². The summed E-state index contributed by atoms with van der Waals surface area (Å²) < 4.78 is 4.79. The molecular formula is C43H52N4O4S. The van der Waals surface area contributed by atoms with Crippen molar-refractivity contribution in [1.29, 1.82) is 0 Å². The van der Waals surface area contributed by atoms with Crippen molar-refractivity contribution in [2.24, 2.45) is 0 Å². The molecule has 8 nitrogen and oxygen atoms in total. The van der Waals surface area contributed by atoms with Crippen LogP contribution in [0.5, 0.6) is 0 Å². The third-order valence-corrected chi connectivity index (χ3v) is 11.8. The lowest BCUT2D eigenvalue weighted by Crippen LogP contribution is -2.42. The molecule has 6 rings (SSSR count). The van der Waals surface area contributed by atoms with Gasteiger partial charge in [0.1, 0.15) is 5.00 Å². The van der Waals surface area contributed by atoms with Crippen LogP contribution in [0.25, 0.3) is 0 Å². The number of methoxy groups -OCH3 is 1. The van der Waals surface area contributed by atoms with Gasteiger partial charge in [-0.3, -0.25) is 14.5 Å². The molecule has 2 amide bonds. The second-order valence-electron chi connectivity index (χ2n) is 14.1. The maximum Gasteiger partial charge on any atom is 0.337 e. The Labute approximate surface area is 312 Å². The van der Waals surface area contributed by atoms with E-state index in [9.17, 15) is 14.4 Å². The van der Waals surface area contributed by atoms with Crippen molar-refractivity contribution in [2.75, 3.05) is 30.8 Å². The molecule has 1 aliphatic heterocycles. The molecule has 1 aromatic heterocycles. The molecule has 0 saturated carbocycles. The molecule has 1 aliphatic carbocycles. The highest BCUT2D eigenvalue weighted by Crippen LogP contribution is 2.39. The van der Waals surface area contributed by atoms with Crippen LogP contribution >= 0.6 is 11.3 Å². The summed E-state index contributed by atoms with van der Waals surface area (Å²) in [5.74, 6) is -0.720. The molecular weight excluding hydrogens is 669 g/mol. The highest BCUT2D eigenvalue weighted by molar-refractivity contribution is 7.17. The van der Waals surface area contributed by atoms with Crippen LogP contribution in [0.1, 0.15) is 111 Å². The summed E-state index contributed by atoms with van der Waals surface area (Å²) in [5.41, 5.74) is 6.92. The van der Waals surface area contributed by atoms with Crippen LogP contribution in [-0.2, 0) is 37.0 Å². The first-order valence-electron chi connectivity index (χ1n) is 18.9. The summed E-state index contributed by atoms with van der Waals surface area (Å²) >= 11 is 1.54. The fourth-order valence-electron chi connectivity index (χ4n) is 7.62. The van der Waals surface area contributed by atoms with Gasteiger partial charge in [-0.05, 0) is 129 Å². The Kier molecular flexibility index (Phi) is 12.9. The van der Waals surface area contributed by atoms with Crippen molar-refractivity contribution in [1.82, 2.24) is 10.2 Å². The van der Waals surface area contributed by atoms with Gasteiger partial charge < -0.3 is 20.7 Å². The zero-order valence-corrected chi connectivity index (χ0v) is 31.6. The SMILES string of the molecule is CCC(CC)N(Cc1cccc(C(=O)Nc2sc3c(c2C(=O)Nc2ccc(CCc4ccc(C(=O)OC)cc4)cc2)CCCC3)c1)C[C@@H]1CCCN1. The Morgan fingerprint density at radius 1 is 0.846 bits per heavy atom. The van der Waals surface area contributed by atoms with Crippen LogP contribution < -0.4 is 16.0 Å². The summed E-state index contributed by atoms with van der Waals surface area (Å²) in [6, 6.07) is 24.4. The van der Waals surface area contributed by atoms with E-state index in [0.717, 1.165) is 93.3 Å². The summed E-state index contributed by atoms with van der Waals surface area (Å²) in [7, 11) is 1.38. The topological polar surface area (TPSA) is 99.8 Å². The van der Waals surface area contributed by atoms with Crippen molar-refractivity contribution in [3.63, 3.8) is 0 Å². The number of nitrogens with zero attached hydrogens (tertiary/aromatic N) is 1. The van der Waals surface area contributed by atoms with E-state index in [0.29, 0.717) is 39.5 Å². The number of rotatable bonds is 15. The van der Waals surface area contributed by atoms with Gasteiger partial charge in [0.05, 0.1) is 18.2 Å². The molecule has 52 heavy (non-hydrogen) atoms. The summed E-state index contributed by atoms with van der Waals surface area (Å²) in [6.07, 6.45) is 10.2. The summed E-state index contributed by atoms with van der Waals surface area (Å²) in [5, 5.41) is 10.6. The van der Waals surface area contributed by atoms with Gasteiger partial charge in [0.2, 0.25) is 0 Å². The summed E-state index contributed by atoms with van der Waals surface area (Å²) in [4.78, 5) is 43.2. The van der Waals surface area contributed by atoms with E-state index in [-0.39, 0.29) is 17.8 Å². The number of hydrogen-bond acceptors (Lipinski definition) is 7. The van der Waals surface area contributed by atoms with Gasteiger partial charge in [-0.25, -0.2) is 4.79 Å². The number of ether oxygens (including phenoxy) is 1. The maximum absolute atomic E-state index is 13.9. The Morgan fingerprint density at radius 2 is 1.56 bits per heavy atom. The number of carbonyl (C=O) groups is 3. The number of carbonyl (C=O) groups excluding carboxylic acids is 3. The number of aryl methyl sites for hydroxylation is 3. The highest BCUT2D eigenvalue weighted by Gasteiger charge is 2.27. The number of benzene rings is 3. The first-order chi connectivity index (χ1) is 25.3. The van der Waals surface area contributed by atoms with Gasteiger partial charge in [-0.2, -0.15) is 0 Å². The van der Waals surface area contributed by atoms with E-state index in [1.54, 1.807) is 23.5 Å². The van der Waals surface area contributed by atoms with Crippen LogP contribution in [0, 0.1) is 0 Å². The van der Waals surface area contributed by atoms with Crippen LogP contribution in [0.15, 0.2) is 72.8 Å². The average molecular weight is 721 g/mol. The molecule has 0 bridgehead atoms. The Bertz CT molecular complexity index is 1820. The predicted octanol–water partition coefficient (Wildman–Crippen LogP) is 8.45. The molecule has 0 spiro atoms. The number of anilines is 2. The van der Waals surface area contributed by atoms with Gasteiger partial charge in [0.25, 0.3) is 11.8 Å². The molecule has 1 saturated heterocycles. The van der Waals surface area contributed by atoms with E-state index in [1.807, 2.05) is 54.6 Å². The monoisotopic (exact) mass is 720 g/mol. The normalized spacial score (nSPS) is 15.4. The zero-order chi connectivity index (χ0) is 36.5. The van der Waals surface area contributed by atoms with Crippen molar-refractivity contribution in [3.8, 4) is 0 Å². The first kappa shape index (κ1) is 37.4. The van der Waals surface area contributed by atoms with E-state index < -0.39 is 0 Å². The van der Waals surface area contributed by atoms with Crippen LogP contribution in [-0.4, -0.2) is 55.0 Å². The smallest absolute Gasteiger partial charge is 0.337 e. The molecule has 2 heterocycles. The number of fused-ring (bicyclic) bond motifs is 1. The van der Waals surface area contributed by atoms with Crippen molar-refractivity contribution < 1.29 is 19.1 Å².